The Morgan fingerprint density at radius 1 is 1.21 bits per heavy atom. The number of imidazole rings is 1. The molecule has 2 fully saturated rings. The van der Waals surface area contributed by atoms with E-state index in [1.54, 1.807) is 4.90 Å². The number of likely N-dealkylation sites (tertiary alicyclic amines) is 1. The quantitative estimate of drug-likeness (QED) is 0.785. The van der Waals surface area contributed by atoms with Crippen LogP contribution >= 0.6 is 0 Å². The minimum absolute atomic E-state index is 0.177. The molecular formula is C22H32N4O2. The number of amides is 1. The zero-order valence-electron chi connectivity index (χ0n) is 17.4. The molecule has 2 aliphatic rings. The summed E-state index contributed by atoms with van der Waals surface area (Å²) in [7, 11) is 1.83. The van der Waals surface area contributed by atoms with Gasteiger partial charge >= 0.3 is 6.09 Å². The first-order chi connectivity index (χ1) is 13.5. The van der Waals surface area contributed by atoms with Crippen LogP contribution in [0.1, 0.15) is 45.4 Å². The Bertz CT molecular complexity index is 846. The summed E-state index contributed by atoms with van der Waals surface area (Å²) in [6, 6.07) is 8.44. The molecule has 0 N–H and O–H groups in total. The van der Waals surface area contributed by atoms with Crippen LogP contribution in [-0.4, -0.2) is 57.7 Å². The van der Waals surface area contributed by atoms with Gasteiger partial charge in [-0.25, -0.2) is 9.78 Å². The number of likely N-dealkylation sites (N-methyl/N-ethyl adjacent to an activating group) is 1. The summed E-state index contributed by atoms with van der Waals surface area (Å²) >= 11 is 0. The van der Waals surface area contributed by atoms with E-state index in [2.05, 4.69) is 47.6 Å². The molecule has 0 radical (unpaired) electrons. The number of rotatable bonds is 5. The molecule has 6 nitrogen and oxygen atoms in total. The topological polar surface area (TPSA) is 50.6 Å². The van der Waals surface area contributed by atoms with Crippen LogP contribution in [0, 0.1) is 5.92 Å². The number of carbonyl (C=O) groups is 1. The molecule has 4 rings (SSSR count). The van der Waals surface area contributed by atoms with Crippen molar-refractivity contribution in [3.63, 3.8) is 0 Å². The van der Waals surface area contributed by atoms with Crippen LogP contribution in [0.15, 0.2) is 24.3 Å². The molecule has 0 bridgehead atoms. The second-order valence-electron chi connectivity index (χ2n) is 8.89. The van der Waals surface area contributed by atoms with Crippen LogP contribution < -0.4 is 0 Å². The molecule has 6 heteroatoms. The van der Waals surface area contributed by atoms with Gasteiger partial charge in [-0.15, -0.1) is 0 Å². The van der Waals surface area contributed by atoms with E-state index in [1.165, 1.54) is 5.52 Å². The first kappa shape index (κ1) is 19.2. The van der Waals surface area contributed by atoms with Gasteiger partial charge in [0.15, 0.2) is 0 Å². The lowest BCUT2D eigenvalue weighted by Gasteiger charge is -2.25. The van der Waals surface area contributed by atoms with E-state index in [-0.39, 0.29) is 11.7 Å². The highest BCUT2D eigenvalue weighted by molar-refractivity contribution is 5.75. The Kier molecular flexibility index (Phi) is 5.32. The molecular weight excluding hydrogens is 352 g/mol. The third-order valence-corrected chi connectivity index (χ3v) is 6.16. The second-order valence-corrected chi connectivity index (χ2v) is 8.89. The molecule has 1 atom stereocenters. The van der Waals surface area contributed by atoms with Crippen molar-refractivity contribution >= 4 is 17.1 Å². The predicted molar refractivity (Wildman–Crippen MR) is 110 cm³/mol. The van der Waals surface area contributed by atoms with Crippen molar-refractivity contribution in [2.45, 2.75) is 58.2 Å². The van der Waals surface area contributed by atoms with Gasteiger partial charge in [0.05, 0.1) is 24.1 Å². The molecule has 1 amide bonds. The molecule has 1 spiro atoms. The molecule has 152 valence electrons. The van der Waals surface area contributed by atoms with Crippen LogP contribution in [0.25, 0.3) is 11.0 Å². The van der Waals surface area contributed by atoms with Crippen LogP contribution in [0.3, 0.4) is 0 Å². The molecule has 0 saturated carbocycles. The summed E-state index contributed by atoms with van der Waals surface area (Å²) in [5, 5.41) is 0. The third kappa shape index (κ3) is 3.88. The average molecular weight is 385 g/mol. The highest BCUT2D eigenvalue weighted by Crippen LogP contribution is 2.33. The maximum absolute atomic E-state index is 11.9. The van der Waals surface area contributed by atoms with Gasteiger partial charge in [0.2, 0.25) is 0 Å². The van der Waals surface area contributed by atoms with Gasteiger partial charge in [-0.05, 0) is 43.9 Å². The third-order valence-electron chi connectivity index (χ3n) is 6.16. The van der Waals surface area contributed by atoms with Gasteiger partial charge in [0, 0.05) is 26.6 Å². The van der Waals surface area contributed by atoms with Crippen LogP contribution in [0.5, 0.6) is 0 Å². The largest absolute Gasteiger partial charge is 0.441 e. The average Bonchev–Trinajstić information content (AvgIpc) is 3.06. The van der Waals surface area contributed by atoms with Crippen molar-refractivity contribution in [3.05, 3.63) is 30.1 Å². The SMILES string of the molecule is CC(C)CCn1c(CN2CCC[C@]3(CC2)CN(C)C(=O)O3)nc2ccccc21. The minimum Gasteiger partial charge on any atom is -0.441 e. The molecule has 0 unspecified atom stereocenters. The number of benzene rings is 1. The smallest absolute Gasteiger partial charge is 0.410 e. The summed E-state index contributed by atoms with van der Waals surface area (Å²) in [5.41, 5.74) is 2.02. The lowest BCUT2D eigenvalue weighted by Crippen LogP contribution is -2.35. The number of para-hydroxylation sites is 2. The van der Waals surface area contributed by atoms with E-state index in [0.717, 1.165) is 63.2 Å². The highest BCUT2D eigenvalue weighted by atomic mass is 16.6. The van der Waals surface area contributed by atoms with E-state index in [4.69, 9.17) is 9.72 Å². The molecule has 2 aliphatic heterocycles. The van der Waals surface area contributed by atoms with E-state index in [0.29, 0.717) is 12.5 Å². The molecule has 0 aliphatic carbocycles. The van der Waals surface area contributed by atoms with Gasteiger partial charge in [-0.3, -0.25) is 4.90 Å². The van der Waals surface area contributed by atoms with E-state index >= 15 is 0 Å². The number of carbonyl (C=O) groups excluding carboxylic acids is 1. The molecule has 1 aromatic carbocycles. The standard InChI is InChI=1S/C22H32N4O2/c1-17(2)9-13-26-19-8-5-4-7-18(19)23-20(26)15-25-12-6-10-22(11-14-25)16-24(3)21(27)28-22/h4-5,7-8,17H,6,9-16H2,1-3H3/t22-/m0/s1. The maximum Gasteiger partial charge on any atom is 0.410 e. The molecule has 28 heavy (non-hydrogen) atoms. The van der Waals surface area contributed by atoms with Crippen molar-refractivity contribution in [2.75, 3.05) is 26.7 Å². The summed E-state index contributed by atoms with van der Waals surface area (Å²) in [5.74, 6) is 1.82. The van der Waals surface area contributed by atoms with E-state index < -0.39 is 0 Å². The number of ether oxygens (including phenoxy) is 1. The van der Waals surface area contributed by atoms with Crippen molar-refractivity contribution in [1.82, 2.24) is 19.4 Å². The fourth-order valence-corrected chi connectivity index (χ4v) is 4.52. The number of hydrogen-bond donors (Lipinski definition) is 0. The van der Waals surface area contributed by atoms with Crippen LogP contribution in [0.2, 0.25) is 0 Å². The van der Waals surface area contributed by atoms with Gasteiger partial charge in [-0.2, -0.15) is 0 Å². The van der Waals surface area contributed by atoms with Crippen LogP contribution in [0.4, 0.5) is 4.79 Å². The summed E-state index contributed by atoms with van der Waals surface area (Å²) < 4.78 is 8.16. The lowest BCUT2D eigenvalue weighted by atomic mass is 9.95. The Labute approximate surface area is 167 Å². The van der Waals surface area contributed by atoms with E-state index in [9.17, 15) is 4.79 Å². The molecule has 2 aromatic rings. The Hall–Kier alpha value is -2.08. The molecule has 2 saturated heterocycles. The number of aromatic nitrogens is 2. The Morgan fingerprint density at radius 2 is 2.04 bits per heavy atom. The van der Waals surface area contributed by atoms with E-state index in [1.807, 2.05) is 7.05 Å². The maximum atomic E-state index is 11.9. The number of aryl methyl sites for hydroxylation is 1. The first-order valence-corrected chi connectivity index (χ1v) is 10.6. The zero-order chi connectivity index (χ0) is 19.7. The Morgan fingerprint density at radius 3 is 2.79 bits per heavy atom. The van der Waals surface area contributed by atoms with Crippen LogP contribution in [-0.2, 0) is 17.8 Å². The number of fused-ring (bicyclic) bond motifs is 1. The zero-order valence-corrected chi connectivity index (χ0v) is 17.4. The van der Waals surface area contributed by atoms with Crippen molar-refractivity contribution in [1.29, 1.82) is 0 Å². The summed E-state index contributed by atoms with van der Waals surface area (Å²) in [6.45, 7) is 9.08. The van der Waals surface area contributed by atoms with Gasteiger partial charge < -0.3 is 14.2 Å². The van der Waals surface area contributed by atoms with Crippen molar-refractivity contribution in [3.8, 4) is 0 Å². The first-order valence-electron chi connectivity index (χ1n) is 10.6. The van der Waals surface area contributed by atoms with Gasteiger partial charge in [-0.1, -0.05) is 26.0 Å². The lowest BCUT2D eigenvalue weighted by molar-refractivity contribution is 0.0442. The molecule has 3 heterocycles. The number of hydrogen-bond acceptors (Lipinski definition) is 4. The van der Waals surface area contributed by atoms with Crippen molar-refractivity contribution < 1.29 is 9.53 Å². The fourth-order valence-electron chi connectivity index (χ4n) is 4.52. The normalized spacial score (nSPS) is 23.7. The Balaban J connectivity index is 1.50. The number of nitrogens with zero attached hydrogens (tertiary/aromatic N) is 4. The van der Waals surface area contributed by atoms with Gasteiger partial charge in [0.25, 0.3) is 0 Å². The van der Waals surface area contributed by atoms with Crippen molar-refractivity contribution in [2.24, 2.45) is 5.92 Å². The second kappa shape index (κ2) is 7.74. The highest BCUT2D eigenvalue weighted by Gasteiger charge is 2.44. The van der Waals surface area contributed by atoms with Gasteiger partial charge in [0.1, 0.15) is 11.4 Å². The minimum atomic E-state index is -0.293. The fraction of sp³-hybridized carbons (Fsp3) is 0.636. The summed E-state index contributed by atoms with van der Waals surface area (Å²) in [6.07, 6.45) is 3.87. The summed E-state index contributed by atoms with van der Waals surface area (Å²) in [4.78, 5) is 21.0. The predicted octanol–water partition coefficient (Wildman–Crippen LogP) is 3.89. The monoisotopic (exact) mass is 384 g/mol. The molecule has 1 aromatic heterocycles.